The van der Waals surface area contributed by atoms with Gasteiger partial charge in [-0.1, -0.05) is 17.7 Å². The van der Waals surface area contributed by atoms with Crippen LogP contribution in [-0.4, -0.2) is 28.5 Å². The van der Waals surface area contributed by atoms with E-state index < -0.39 is 0 Å². The Labute approximate surface area is 127 Å². The van der Waals surface area contributed by atoms with Gasteiger partial charge in [-0.05, 0) is 38.1 Å². The second kappa shape index (κ2) is 4.93. The quantitative estimate of drug-likeness (QED) is 0.859. The van der Waals surface area contributed by atoms with Gasteiger partial charge in [-0.15, -0.1) is 0 Å². The minimum atomic E-state index is -0.180. The van der Waals surface area contributed by atoms with Crippen LogP contribution in [0, 0.1) is 0 Å². The average molecular weight is 303 g/mol. The van der Waals surface area contributed by atoms with Crippen molar-refractivity contribution in [3.05, 3.63) is 51.2 Å². The van der Waals surface area contributed by atoms with Crippen LogP contribution >= 0.6 is 11.6 Å². The molecule has 1 atom stereocenters. The Morgan fingerprint density at radius 3 is 2.95 bits per heavy atom. The molecule has 0 spiro atoms. The summed E-state index contributed by atoms with van der Waals surface area (Å²) in [6.07, 6.45) is 7.68. The van der Waals surface area contributed by atoms with Gasteiger partial charge in [0, 0.05) is 17.0 Å². The van der Waals surface area contributed by atoms with Crippen LogP contribution in [0.1, 0.15) is 36.2 Å². The number of hydrogen-bond donors (Lipinski definition) is 1. The van der Waals surface area contributed by atoms with E-state index >= 15 is 0 Å². The zero-order valence-electron chi connectivity index (χ0n) is 11.4. The molecule has 4 rings (SSSR count). The Morgan fingerprint density at radius 1 is 1.33 bits per heavy atom. The number of nitrogens with zero attached hydrogens (tertiary/aromatic N) is 3. The molecule has 0 saturated carbocycles. The number of piperidine rings is 1. The molecule has 1 N–H and O–H groups in total. The first kappa shape index (κ1) is 13.0. The number of fused-ring (bicyclic) bond motifs is 3. The molecule has 1 aromatic rings. The third kappa shape index (κ3) is 2.17. The van der Waals surface area contributed by atoms with E-state index in [0.29, 0.717) is 16.8 Å². The molecule has 1 fully saturated rings. The van der Waals surface area contributed by atoms with Gasteiger partial charge in [-0.25, -0.2) is 4.68 Å². The smallest absolute Gasteiger partial charge is 0.273 e. The van der Waals surface area contributed by atoms with Gasteiger partial charge in [0.1, 0.15) is 5.82 Å². The van der Waals surface area contributed by atoms with E-state index in [1.807, 2.05) is 22.9 Å². The van der Waals surface area contributed by atoms with Gasteiger partial charge in [0.15, 0.2) is 0 Å². The lowest BCUT2D eigenvalue weighted by Gasteiger charge is -2.24. The molecular formula is C15H15ClN4O. The van der Waals surface area contributed by atoms with Crippen molar-refractivity contribution < 1.29 is 0 Å². The molecule has 0 amide bonds. The van der Waals surface area contributed by atoms with Gasteiger partial charge < -0.3 is 5.32 Å². The van der Waals surface area contributed by atoms with E-state index in [0.717, 1.165) is 37.3 Å². The predicted molar refractivity (Wildman–Crippen MR) is 82.0 cm³/mol. The molecule has 0 bridgehead atoms. The second-order valence-corrected chi connectivity index (χ2v) is 6.04. The predicted octanol–water partition coefficient (Wildman–Crippen LogP) is 1.70. The molecule has 0 aromatic carbocycles. The van der Waals surface area contributed by atoms with Crippen molar-refractivity contribution in [1.82, 2.24) is 15.0 Å². The summed E-state index contributed by atoms with van der Waals surface area (Å²) in [7, 11) is 0. The molecule has 3 aliphatic rings. The first-order valence-corrected chi connectivity index (χ1v) is 7.59. The molecule has 1 saturated heterocycles. The molecule has 1 aromatic heterocycles. The van der Waals surface area contributed by atoms with Crippen LogP contribution in [0.25, 0.3) is 0 Å². The number of hydrogen-bond acceptors (Lipinski definition) is 4. The van der Waals surface area contributed by atoms with Crippen molar-refractivity contribution in [3.63, 3.8) is 0 Å². The molecule has 5 nitrogen and oxygen atoms in total. The number of rotatable bonds is 1. The lowest BCUT2D eigenvalue weighted by Crippen LogP contribution is -2.29. The number of aromatic nitrogens is 2. The van der Waals surface area contributed by atoms with Crippen LogP contribution in [0.2, 0.25) is 0 Å². The van der Waals surface area contributed by atoms with E-state index in [1.165, 1.54) is 0 Å². The van der Waals surface area contributed by atoms with Crippen LogP contribution in [-0.2, 0) is 0 Å². The van der Waals surface area contributed by atoms with Crippen molar-refractivity contribution in [3.8, 4) is 0 Å². The maximum atomic E-state index is 12.0. The van der Waals surface area contributed by atoms with Crippen LogP contribution in [0.15, 0.2) is 39.2 Å². The monoisotopic (exact) mass is 302 g/mol. The molecule has 0 radical (unpaired) electrons. The van der Waals surface area contributed by atoms with Gasteiger partial charge >= 0.3 is 0 Å². The van der Waals surface area contributed by atoms with Crippen molar-refractivity contribution >= 4 is 17.3 Å². The van der Waals surface area contributed by atoms with Crippen molar-refractivity contribution in [1.29, 1.82) is 0 Å². The number of allylic oxidation sites excluding steroid dienone is 4. The summed E-state index contributed by atoms with van der Waals surface area (Å²) in [5.74, 6) is 1.01. The van der Waals surface area contributed by atoms with Crippen molar-refractivity contribution in [2.24, 2.45) is 5.10 Å². The fraction of sp³-hybridized carbons (Fsp3) is 0.400. The molecule has 21 heavy (non-hydrogen) atoms. The summed E-state index contributed by atoms with van der Waals surface area (Å²) in [6.45, 7) is 1.95. The summed E-state index contributed by atoms with van der Waals surface area (Å²) in [4.78, 5) is 16.1. The molecule has 3 heterocycles. The minimum Gasteiger partial charge on any atom is -0.317 e. The molecule has 2 aliphatic heterocycles. The van der Waals surface area contributed by atoms with Crippen LogP contribution in [0.4, 0.5) is 0 Å². The minimum absolute atomic E-state index is 0.0538. The molecule has 1 aliphatic carbocycles. The second-order valence-electron chi connectivity index (χ2n) is 5.60. The summed E-state index contributed by atoms with van der Waals surface area (Å²) in [5, 5.41) is 8.64. The maximum Gasteiger partial charge on any atom is 0.273 e. The largest absolute Gasteiger partial charge is 0.317 e. The molecule has 6 heteroatoms. The van der Waals surface area contributed by atoms with E-state index in [9.17, 15) is 4.79 Å². The highest BCUT2D eigenvalue weighted by molar-refractivity contribution is 6.33. The van der Waals surface area contributed by atoms with Crippen molar-refractivity contribution in [2.75, 3.05) is 13.1 Å². The van der Waals surface area contributed by atoms with E-state index in [1.54, 1.807) is 6.07 Å². The highest BCUT2D eigenvalue weighted by atomic mass is 35.5. The van der Waals surface area contributed by atoms with Crippen molar-refractivity contribution in [2.45, 2.75) is 24.7 Å². The highest BCUT2D eigenvalue weighted by Gasteiger charge is 2.31. The van der Waals surface area contributed by atoms with Crippen LogP contribution in [0.5, 0.6) is 0 Å². The maximum absolute atomic E-state index is 12.0. The molecule has 1 unspecified atom stereocenters. The average Bonchev–Trinajstić information content (AvgIpc) is 2.84. The Hall–Kier alpha value is -1.72. The number of nitrogens with one attached hydrogen (secondary N) is 1. The topological polar surface area (TPSA) is 59.3 Å². The summed E-state index contributed by atoms with van der Waals surface area (Å²) < 4.78 is 1.85. The Morgan fingerprint density at radius 2 is 2.14 bits per heavy atom. The van der Waals surface area contributed by atoms with Gasteiger partial charge in [0.05, 0.1) is 17.3 Å². The van der Waals surface area contributed by atoms with Crippen LogP contribution in [0.3, 0.4) is 0 Å². The van der Waals surface area contributed by atoms with E-state index in [2.05, 4.69) is 15.4 Å². The molecular weight excluding hydrogens is 288 g/mol. The van der Waals surface area contributed by atoms with E-state index in [-0.39, 0.29) is 11.5 Å². The standard InChI is InChI=1S/C15H15ClN4O/c16-10-1-2-11-12(7-10)19-20-13(8-14(21)18-15(11)20)9-3-5-17-6-4-9/h1-2,7-9,11,17H,3-6H2. The SMILES string of the molecule is O=c1cc(C2CCNCC2)n2c(n1)C1C=CC(Cl)=CC1=N2. The summed E-state index contributed by atoms with van der Waals surface area (Å²) >= 11 is 6.04. The summed E-state index contributed by atoms with van der Waals surface area (Å²) in [6, 6.07) is 1.63. The Balaban J connectivity index is 1.84. The zero-order chi connectivity index (χ0) is 14.4. The fourth-order valence-corrected chi connectivity index (χ4v) is 3.41. The summed E-state index contributed by atoms with van der Waals surface area (Å²) in [5.41, 5.74) is 1.65. The Kier molecular flexibility index (Phi) is 3.05. The van der Waals surface area contributed by atoms with Crippen LogP contribution < -0.4 is 10.9 Å². The van der Waals surface area contributed by atoms with Gasteiger partial charge in [0.2, 0.25) is 0 Å². The fourth-order valence-electron chi connectivity index (χ4n) is 3.22. The highest BCUT2D eigenvalue weighted by Crippen LogP contribution is 2.33. The lowest BCUT2D eigenvalue weighted by molar-refractivity contribution is 0.439. The number of halogens is 1. The van der Waals surface area contributed by atoms with Gasteiger partial charge in [0.25, 0.3) is 5.56 Å². The third-order valence-electron chi connectivity index (χ3n) is 4.26. The lowest BCUT2D eigenvalue weighted by atomic mass is 9.93. The van der Waals surface area contributed by atoms with E-state index in [4.69, 9.17) is 11.6 Å². The van der Waals surface area contributed by atoms with Gasteiger partial charge in [-0.3, -0.25) is 4.79 Å². The normalized spacial score (nSPS) is 24.3. The first-order valence-electron chi connectivity index (χ1n) is 7.21. The van der Waals surface area contributed by atoms with Gasteiger partial charge in [-0.2, -0.15) is 10.1 Å². The third-order valence-corrected chi connectivity index (χ3v) is 4.50. The molecule has 108 valence electrons. The first-order chi connectivity index (χ1) is 10.2. The zero-order valence-corrected chi connectivity index (χ0v) is 12.2. The Bertz CT molecular complexity index is 741.